The van der Waals surface area contributed by atoms with Crippen LogP contribution in [0.4, 0.5) is 14.5 Å². The van der Waals surface area contributed by atoms with Gasteiger partial charge in [-0.15, -0.1) is 0 Å². The van der Waals surface area contributed by atoms with Crippen LogP contribution >= 0.6 is 0 Å². The molecular weight excluding hydrogens is 310 g/mol. The quantitative estimate of drug-likeness (QED) is 0.799. The summed E-state index contributed by atoms with van der Waals surface area (Å²) in [6.45, 7) is 1.05. The van der Waals surface area contributed by atoms with Crippen LogP contribution in [0.5, 0.6) is 0 Å². The molecule has 1 aliphatic rings. The van der Waals surface area contributed by atoms with Crippen LogP contribution in [0, 0.1) is 0 Å². The van der Waals surface area contributed by atoms with E-state index in [1.54, 1.807) is 18.2 Å². The fourth-order valence-electron chi connectivity index (χ4n) is 3.21. The zero-order valence-corrected chi connectivity index (χ0v) is 13.1. The number of anilines is 1. The first-order chi connectivity index (χ1) is 11.7. The van der Waals surface area contributed by atoms with E-state index in [1.807, 2.05) is 30.3 Å². The zero-order chi connectivity index (χ0) is 16.5. The summed E-state index contributed by atoms with van der Waals surface area (Å²) < 4.78 is 28.3. The number of hydrogen-bond donors (Lipinski definition) is 1. The average molecular weight is 328 g/mol. The Hall–Kier alpha value is -2.47. The van der Waals surface area contributed by atoms with Gasteiger partial charge in [0.2, 0.25) is 0 Å². The summed E-state index contributed by atoms with van der Waals surface area (Å²) in [7, 11) is 0. The van der Waals surface area contributed by atoms with Crippen molar-refractivity contribution in [3.63, 3.8) is 0 Å². The molecule has 0 amide bonds. The largest absolute Gasteiger partial charge is 0.369 e. The first-order valence-electron chi connectivity index (χ1n) is 8.05. The van der Waals surface area contributed by atoms with Gasteiger partial charge in [-0.1, -0.05) is 24.3 Å². The molecule has 0 atom stereocenters. The molecule has 0 spiro atoms. The lowest BCUT2D eigenvalue weighted by Gasteiger charge is -2.29. The van der Waals surface area contributed by atoms with Crippen LogP contribution in [0.15, 0.2) is 48.5 Å². The Bertz CT molecular complexity index is 853. The number of para-hydroxylation sites is 2. The molecule has 0 bridgehead atoms. The monoisotopic (exact) mass is 328 g/mol. The smallest absolute Gasteiger partial charge is 0.320 e. The summed E-state index contributed by atoms with van der Waals surface area (Å²) in [6.07, 6.45) is 0. The molecule has 0 saturated carbocycles. The molecule has 4 nitrogen and oxygen atoms in total. The fraction of sp³-hybridized carbons (Fsp3) is 0.278. The number of hydrogen-bond acceptors (Lipinski definition) is 3. The minimum Gasteiger partial charge on any atom is -0.369 e. The Kier molecular flexibility index (Phi) is 3.90. The Morgan fingerprint density at radius 1 is 1.00 bits per heavy atom. The van der Waals surface area contributed by atoms with Gasteiger partial charge >= 0.3 is 6.55 Å². The number of benzene rings is 2. The van der Waals surface area contributed by atoms with E-state index >= 15 is 0 Å². The summed E-state index contributed by atoms with van der Waals surface area (Å²) in [6, 6.07) is 14.7. The van der Waals surface area contributed by atoms with Crippen LogP contribution in [0.25, 0.3) is 22.4 Å². The second-order valence-electron chi connectivity index (χ2n) is 5.86. The fourth-order valence-corrected chi connectivity index (χ4v) is 3.21. The van der Waals surface area contributed by atoms with E-state index in [0.29, 0.717) is 22.4 Å². The van der Waals surface area contributed by atoms with E-state index < -0.39 is 6.55 Å². The molecule has 1 saturated heterocycles. The summed E-state index contributed by atoms with van der Waals surface area (Å²) in [4.78, 5) is 6.70. The molecular formula is C18H18F2N4. The molecule has 0 radical (unpaired) electrons. The van der Waals surface area contributed by atoms with Gasteiger partial charge in [0.05, 0.1) is 11.0 Å². The highest BCUT2D eigenvalue weighted by atomic mass is 19.3. The van der Waals surface area contributed by atoms with Crippen LogP contribution in [-0.4, -0.2) is 35.7 Å². The van der Waals surface area contributed by atoms with E-state index in [4.69, 9.17) is 0 Å². The SMILES string of the molecule is FC(F)n1c(-c2cccc(N3CCNCC3)c2)nc2ccccc21. The van der Waals surface area contributed by atoms with Gasteiger partial charge in [0, 0.05) is 37.4 Å². The van der Waals surface area contributed by atoms with Crippen molar-refractivity contribution in [2.45, 2.75) is 6.55 Å². The van der Waals surface area contributed by atoms with E-state index in [0.717, 1.165) is 36.4 Å². The Balaban J connectivity index is 1.81. The van der Waals surface area contributed by atoms with Gasteiger partial charge in [-0.25, -0.2) is 4.98 Å². The van der Waals surface area contributed by atoms with Crippen LogP contribution in [0.2, 0.25) is 0 Å². The molecule has 2 aromatic carbocycles. The first-order valence-corrected chi connectivity index (χ1v) is 8.05. The van der Waals surface area contributed by atoms with Gasteiger partial charge in [0.1, 0.15) is 5.82 Å². The second kappa shape index (κ2) is 6.20. The lowest BCUT2D eigenvalue weighted by Crippen LogP contribution is -2.43. The number of alkyl halides is 2. The number of aromatic nitrogens is 2. The number of imidazole rings is 1. The number of fused-ring (bicyclic) bond motifs is 1. The van der Waals surface area contributed by atoms with Crippen molar-refractivity contribution >= 4 is 16.7 Å². The summed E-state index contributed by atoms with van der Waals surface area (Å²) in [5.74, 6) is 0.309. The van der Waals surface area contributed by atoms with Gasteiger partial charge in [-0.05, 0) is 24.3 Å². The van der Waals surface area contributed by atoms with E-state index in [2.05, 4.69) is 15.2 Å². The van der Waals surface area contributed by atoms with Gasteiger partial charge in [0.25, 0.3) is 0 Å². The van der Waals surface area contributed by atoms with Crippen molar-refractivity contribution in [2.75, 3.05) is 31.1 Å². The highest BCUT2D eigenvalue weighted by molar-refractivity contribution is 5.81. The minimum atomic E-state index is -2.63. The van der Waals surface area contributed by atoms with E-state index in [-0.39, 0.29) is 0 Å². The second-order valence-corrected chi connectivity index (χ2v) is 5.86. The molecule has 0 unspecified atom stereocenters. The van der Waals surface area contributed by atoms with Crippen molar-refractivity contribution in [3.8, 4) is 11.4 Å². The lowest BCUT2D eigenvalue weighted by molar-refractivity contribution is 0.0764. The first kappa shape index (κ1) is 15.1. The topological polar surface area (TPSA) is 33.1 Å². The molecule has 1 N–H and O–H groups in total. The van der Waals surface area contributed by atoms with Gasteiger partial charge in [-0.3, -0.25) is 4.57 Å². The van der Waals surface area contributed by atoms with Crippen LogP contribution in [0.3, 0.4) is 0 Å². The predicted octanol–water partition coefficient (Wildman–Crippen LogP) is 3.51. The third-order valence-electron chi connectivity index (χ3n) is 4.38. The molecule has 24 heavy (non-hydrogen) atoms. The van der Waals surface area contributed by atoms with Crippen LogP contribution in [0.1, 0.15) is 6.55 Å². The van der Waals surface area contributed by atoms with Crippen molar-refractivity contribution in [1.29, 1.82) is 0 Å². The molecule has 3 aromatic rings. The number of rotatable bonds is 3. The Morgan fingerprint density at radius 3 is 2.58 bits per heavy atom. The van der Waals surface area contributed by atoms with Gasteiger partial charge in [-0.2, -0.15) is 8.78 Å². The van der Waals surface area contributed by atoms with E-state index in [9.17, 15) is 8.78 Å². The average Bonchev–Trinajstić information content (AvgIpc) is 3.02. The maximum Gasteiger partial charge on any atom is 0.320 e. The summed E-state index contributed by atoms with van der Waals surface area (Å²) >= 11 is 0. The van der Waals surface area contributed by atoms with Crippen LogP contribution < -0.4 is 10.2 Å². The molecule has 4 rings (SSSR count). The minimum absolute atomic E-state index is 0.309. The number of nitrogens with zero attached hydrogens (tertiary/aromatic N) is 3. The van der Waals surface area contributed by atoms with Crippen molar-refractivity contribution in [1.82, 2.24) is 14.9 Å². The zero-order valence-electron chi connectivity index (χ0n) is 13.1. The third kappa shape index (κ3) is 2.63. The van der Waals surface area contributed by atoms with Crippen molar-refractivity contribution in [3.05, 3.63) is 48.5 Å². The number of nitrogens with one attached hydrogen (secondary N) is 1. The molecule has 124 valence electrons. The molecule has 1 aromatic heterocycles. The molecule has 2 heterocycles. The third-order valence-corrected chi connectivity index (χ3v) is 4.38. The number of piperazine rings is 1. The van der Waals surface area contributed by atoms with Crippen molar-refractivity contribution in [2.24, 2.45) is 0 Å². The summed E-state index contributed by atoms with van der Waals surface area (Å²) in [5, 5.41) is 3.32. The predicted molar refractivity (Wildman–Crippen MR) is 91.5 cm³/mol. The maximum atomic E-state index is 13.6. The number of halogens is 2. The lowest BCUT2D eigenvalue weighted by atomic mass is 10.1. The summed E-state index contributed by atoms with van der Waals surface area (Å²) in [5.41, 5.74) is 2.79. The molecule has 6 heteroatoms. The maximum absolute atomic E-state index is 13.6. The van der Waals surface area contributed by atoms with Gasteiger partial charge < -0.3 is 10.2 Å². The van der Waals surface area contributed by atoms with Crippen LogP contribution in [-0.2, 0) is 0 Å². The molecule has 1 aliphatic heterocycles. The Morgan fingerprint density at radius 2 is 1.79 bits per heavy atom. The molecule has 1 fully saturated rings. The van der Waals surface area contributed by atoms with E-state index in [1.165, 1.54) is 0 Å². The standard InChI is InChI=1S/C18H18F2N4/c19-18(20)24-16-7-2-1-6-15(16)22-17(24)13-4-3-5-14(12-13)23-10-8-21-9-11-23/h1-7,12,18,21H,8-11H2. The van der Waals surface area contributed by atoms with Crippen molar-refractivity contribution < 1.29 is 8.78 Å². The Labute approximate surface area is 138 Å². The normalized spacial score (nSPS) is 15.4. The van der Waals surface area contributed by atoms with Gasteiger partial charge in [0.15, 0.2) is 0 Å². The molecule has 0 aliphatic carbocycles. The highest BCUT2D eigenvalue weighted by Gasteiger charge is 2.19. The highest BCUT2D eigenvalue weighted by Crippen LogP contribution is 2.31.